The van der Waals surface area contributed by atoms with Crippen LogP contribution < -0.4 is 10.8 Å². The van der Waals surface area contributed by atoms with Gasteiger partial charge in [0.1, 0.15) is 0 Å². The molecule has 8 nitrogen and oxygen atoms in total. The normalized spacial score (nSPS) is 13.8. The first-order valence-corrected chi connectivity index (χ1v) is 9.74. The first kappa shape index (κ1) is 22.5. The molecule has 0 fully saturated rings. The number of hydrogen-bond acceptors (Lipinski definition) is 6. The molecule has 2 rings (SSSR count). The van der Waals surface area contributed by atoms with E-state index in [0.29, 0.717) is 18.1 Å². The lowest BCUT2D eigenvalue weighted by atomic mass is 9.85. The molecule has 0 radical (unpaired) electrons. The van der Waals surface area contributed by atoms with Crippen LogP contribution >= 0.6 is 0 Å². The predicted molar refractivity (Wildman–Crippen MR) is 108 cm³/mol. The van der Waals surface area contributed by atoms with Gasteiger partial charge in [-0.25, -0.2) is 5.48 Å². The van der Waals surface area contributed by atoms with Gasteiger partial charge in [0.15, 0.2) is 5.82 Å². The summed E-state index contributed by atoms with van der Waals surface area (Å²) in [5.74, 6) is -0.493. The molecule has 2 atom stereocenters. The van der Waals surface area contributed by atoms with Crippen molar-refractivity contribution in [1.82, 2.24) is 20.9 Å². The first-order chi connectivity index (χ1) is 13.6. The van der Waals surface area contributed by atoms with Gasteiger partial charge in [-0.1, -0.05) is 58.0 Å². The second kappa shape index (κ2) is 9.65. The predicted octanol–water partition coefficient (Wildman–Crippen LogP) is 3.50. The summed E-state index contributed by atoms with van der Waals surface area (Å²) in [6.07, 6.45) is 0.413. The van der Waals surface area contributed by atoms with Crippen LogP contribution in [0.5, 0.6) is 0 Å². The highest BCUT2D eigenvalue weighted by Gasteiger charge is 2.34. The number of nitrogens with zero attached hydrogens (tertiary/aromatic N) is 2. The summed E-state index contributed by atoms with van der Waals surface area (Å²) in [6, 6.07) is 8.89. The average Bonchev–Trinajstić information content (AvgIpc) is 3.14. The van der Waals surface area contributed by atoms with Crippen LogP contribution in [0.4, 0.5) is 0 Å². The van der Waals surface area contributed by atoms with Gasteiger partial charge >= 0.3 is 0 Å². The van der Waals surface area contributed by atoms with Crippen molar-refractivity contribution in [3.05, 3.63) is 36.2 Å². The molecule has 2 amide bonds. The van der Waals surface area contributed by atoms with E-state index < -0.39 is 23.3 Å². The fourth-order valence-corrected chi connectivity index (χ4v) is 3.10. The first-order valence-electron chi connectivity index (χ1n) is 9.74. The number of carbonyl (C=O) groups is 2. The minimum absolute atomic E-state index is 0.0983. The van der Waals surface area contributed by atoms with E-state index in [1.54, 1.807) is 5.48 Å². The summed E-state index contributed by atoms with van der Waals surface area (Å²) in [7, 11) is 0. The average molecular weight is 402 g/mol. The van der Waals surface area contributed by atoms with Crippen LogP contribution in [0.3, 0.4) is 0 Å². The molecule has 0 aliphatic carbocycles. The number of hydrogen-bond donors (Lipinski definition) is 3. The molecule has 0 saturated carbocycles. The van der Waals surface area contributed by atoms with Crippen LogP contribution in [0, 0.1) is 17.3 Å². The van der Waals surface area contributed by atoms with E-state index in [9.17, 15) is 9.59 Å². The van der Waals surface area contributed by atoms with E-state index in [-0.39, 0.29) is 18.2 Å². The van der Waals surface area contributed by atoms with Crippen molar-refractivity contribution in [2.75, 3.05) is 0 Å². The molecular formula is C21H30N4O4. The molecule has 0 spiro atoms. The Balaban J connectivity index is 2.25. The fraction of sp³-hybridized carbons (Fsp3) is 0.524. The summed E-state index contributed by atoms with van der Waals surface area (Å²) in [6.45, 7) is 9.85. The molecule has 1 aromatic carbocycles. The van der Waals surface area contributed by atoms with Crippen molar-refractivity contribution in [3.8, 4) is 11.5 Å². The number of nitrogens with one attached hydrogen (secondary N) is 2. The van der Waals surface area contributed by atoms with Gasteiger partial charge in [0.25, 0.3) is 5.89 Å². The Bertz CT molecular complexity index is 812. The maximum atomic E-state index is 13.0. The van der Waals surface area contributed by atoms with Crippen LogP contribution in [-0.2, 0) is 9.59 Å². The fourth-order valence-electron chi connectivity index (χ4n) is 3.10. The molecule has 1 unspecified atom stereocenters. The second-order valence-electron chi connectivity index (χ2n) is 8.70. The highest BCUT2D eigenvalue weighted by atomic mass is 16.5. The van der Waals surface area contributed by atoms with Gasteiger partial charge in [-0.3, -0.25) is 14.8 Å². The number of carbonyl (C=O) groups excluding carboxylic acids is 2. The minimum atomic E-state index is -0.593. The van der Waals surface area contributed by atoms with E-state index >= 15 is 0 Å². The summed E-state index contributed by atoms with van der Waals surface area (Å²) in [4.78, 5) is 29.1. The summed E-state index contributed by atoms with van der Waals surface area (Å²) < 4.78 is 5.41. The third kappa shape index (κ3) is 6.39. The van der Waals surface area contributed by atoms with Crippen molar-refractivity contribution in [1.29, 1.82) is 0 Å². The monoisotopic (exact) mass is 402 g/mol. The molecule has 29 heavy (non-hydrogen) atoms. The van der Waals surface area contributed by atoms with Crippen LogP contribution in [0.15, 0.2) is 34.9 Å². The topological polar surface area (TPSA) is 117 Å². The minimum Gasteiger partial charge on any atom is -0.345 e. The zero-order valence-corrected chi connectivity index (χ0v) is 17.6. The van der Waals surface area contributed by atoms with Crippen molar-refractivity contribution >= 4 is 11.8 Å². The van der Waals surface area contributed by atoms with Crippen LogP contribution in [0.1, 0.15) is 59.3 Å². The zero-order chi connectivity index (χ0) is 21.6. The second-order valence-corrected chi connectivity index (χ2v) is 8.70. The quantitative estimate of drug-likeness (QED) is 0.459. The zero-order valence-electron chi connectivity index (χ0n) is 17.6. The lowest BCUT2D eigenvalue weighted by Crippen LogP contribution is -2.42. The van der Waals surface area contributed by atoms with Gasteiger partial charge in [-0.15, -0.1) is 0 Å². The summed E-state index contributed by atoms with van der Waals surface area (Å²) >= 11 is 0. The molecule has 0 aliphatic heterocycles. The van der Waals surface area contributed by atoms with Crippen molar-refractivity contribution in [2.45, 2.75) is 53.5 Å². The number of hydroxylamine groups is 1. The maximum Gasteiger partial charge on any atom is 0.257 e. The van der Waals surface area contributed by atoms with Crippen LogP contribution in [-0.4, -0.2) is 27.2 Å². The Kier molecular flexibility index (Phi) is 7.50. The lowest BCUT2D eigenvalue weighted by Gasteiger charge is -2.30. The largest absolute Gasteiger partial charge is 0.345 e. The van der Waals surface area contributed by atoms with Crippen LogP contribution in [0.2, 0.25) is 0 Å². The molecule has 0 aliphatic rings. The van der Waals surface area contributed by atoms with E-state index in [2.05, 4.69) is 15.5 Å². The number of rotatable bonds is 8. The molecule has 158 valence electrons. The number of benzene rings is 1. The summed E-state index contributed by atoms with van der Waals surface area (Å²) in [5, 5.41) is 15.9. The third-order valence-corrected chi connectivity index (χ3v) is 4.56. The standard InChI is InChI=1S/C21H30N4O4/c1-13(2)11-15(12-16(26)24-28)19(27)22-17(21(3,4)5)18-23-20(29-25-18)14-9-7-6-8-10-14/h6-10,13,15,17,28H,11-12H2,1-5H3,(H,22,27)(H,24,26)/t15?,17-/m1/s1. The summed E-state index contributed by atoms with van der Waals surface area (Å²) in [5.41, 5.74) is 2.00. The SMILES string of the molecule is CC(C)CC(CC(=O)NO)C(=O)N[C@H](c1noc(-c2ccccc2)n1)C(C)(C)C. The van der Waals surface area contributed by atoms with Crippen molar-refractivity contribution in [2.24, 2.45) is 17.3 Å². The van der Waals surface area contributed by atoms with E-state index in [0.717, 1.165) is 5.56 Å². The molecule has 0 bridgehead atoms. The Hall–Kier alpha value is -2.74. The Morgan fingerprint density at radius 1 is 1.17 bits per heavy atom. The Morgan fingerprint density at radius 3 is 2.38 bits per heavy atom. The third-order valence-electron chi connectivity index (χ3n) is 4.56. The molecule has 8 heteroatoms. The van der Waals surface area contributed by atoms with Gasteiger partial charge in [0, 0.05) is 17.9 Å². The van der Waals surface area contributed by atoms with E-state index in [4.69, 9.17) is 9.73 Å². The molecule has 3 N–H and O–H groups in total. The number of aromatic nitrogens is 2. The Labute approximate surface area is 171 Å². The van der Waals surface area contributed by atoms with Crippen molar-refractivity contribution in [3.63, 3.8) is 0 Å². The van der Waals surface area contributed by atoms with Gasteiger partial charge in [-0.2, -0.15) is 4.98 Å². The number of amides is 2. The molecule has 2 aromatic rings. The van der Waals surface area contributed by atoms with Gasteiger partial charge in [-0.05, 0) is 29.9 Å². The Morgan fingerprint density at radius 2 is 1.83 bits per heavy atom. The smallest absolute Gasteiger partial charge is 0.257 e. The highest BCUT2D eigenvalue weighted by Crippen LogP contribution is 2.33. The van der Waals surface area contributed by atoms with E-state index in [1.165, 1.54) is 0 Å². The van der Waals surface area contributed by atoms with Gasteiger partial charge in [0.05, 0.1) is 6.04 Å². The molecular weight excluding hydrogens is 372 g/mol. The maximum absolute atomic E-state index is 13.0. The molecule has 1 aromatic heterocycles. The molecule has 0 saturated heterocycles. The van der Waals surface area contributed by atoms with Gasteiger partial charge < -0.3 is 9.84 Å². The highest BCUT2D eigenvalue weighted by molar-refractivity contribution is 5.85. The van der Waals surface area contributed by atoms with Crippen molar-refractivity contribution < 1.29 is 19.3 Å². The van der Waals surface area contributed by atoms with E-state index in [1.807, 2.05) is 65.0 Å². The molecule has 1 heterocycles. The van der Waals surface area contributed by atoms with Gasteiger partial charge in [0.2, 0.25) is 11.8 Å². The van der Waals surface area contributed by atoms with Crippen LogP contribution in [0.25, 0.3) is 11.5 Å². The lowest BCUT2D eigenvalue weighted by molar-refractivity contribution is -0.135.